The molecule has 1 aliphatic heterocycles. The number of benzene rings is 1. The molecule has 11 heteroatoms. The molecule has 1 atom stereocenters. The molecule has 1 saturated heterocycles. The Kier molecular flexibility index (Phi) is 5.29. The molecule has 0 spiro atoms. The summed E-state index contributed by atoms with van der Waals surface area (Å²) in [6.07, 6.45) is 2.74. The van der Waals surface area contributed by atoms with E-state index in [1.165, 1.54) is 22.3 Å². The molecule has 1 fully saturated rings. The molecule has 1 aromatic carbocycles. The quantitative estimate of drug-likeness (QED) is 0.612. The molecule has 4 rings (SSSR count). The number of thiophene rings is 1. The molecule has 0 radical (unpaired) electrons. The number of aromatic nitrogens is 4. The SMILES string of the molecule is O=C(NNC(=O)C1CCCN1C(=O)c1cccs1)c1ccc(-n2cnnn2)cc1. The summed E-state index contributed by atoms with van der Waals surface area (Å²) in [5.74, 6) is -1.04. The molecule has 10 nitrogen and oxygen atoms in total. The Hall–Kier alpha value is -3.60. The van der Waals surface area contributed by atoms with E-state index in [0.717, 1.165) is 6.42 Å². The van der Waals surface area contributed by atoms with Gasteiger partial charge in [0.25, 0.3) is 17.7 Å². The number of hydrogen-bond donors (Lipinski definition) is 2. The van der Waals surface area contributed by atoms with Gasteiger partial charge in [-0.2, -0.15) is 0 Å². The maximum absolute atomic E-state index is 12.6. The summed E-state index contributed by atoms with van der Waals surface area (Å²) in [6.45, 7) is 0.515. The molecule has 3 heterocycles. The Morgan fingerprint density at radius 3 is 2.62 bits per heavy atom. The minimum Gasteiger partial charge on any atom is -0.326 e. The van der Waals surface area contributed by atoms with Crippen LogP contribution in [0.5, 0.6) is 0 Å². The number of rotatable bonds is 4. The number of hydrazine groups is 1. The number of likely N-dealkylation sites (tertiary alicyclic amines) is 1. The lowest BCUT2D eigenvalue weighted by Gasteiger charge is -2.23. The lowest BCUT2D eigenvalue weighted by Crippen LogP contribution is -2.51. The average Bonchev–Trinajstić information content (AvgIpc) is 3.52. The van der Waals surface area contributed by atoms with Crippen LogP contribution in [0.3, 0.4) is 0 Å². The van der Waals surface area contributed by atoms with Gasteiger partial charge >= 0.3 is 0 Å². The zero-order chi connectivity index (χ0) is 20.2. The van der Waals surface area contributed by atoms with Gasteiger partial charge in [0, 0.05) is 12.1 Å². The zero-order valence-corrected chi connectivity index (χ0v) is 16.0. The topological polar surface area (TPSA) is 122 Å². The Morgan fingerprint density at radius 2 is 1.93 bits per heavy atom. The number of amides is 3. The fourth-order valence-corrected chi connectivity index (χ4v) is 3.82. The summed E-state index contributed by atoms with van der Waals surface area (Å²) < 4.78 is 1.46. The highest BCUT2D eigenvalue weighted by atomic mass is 32.1. The minimum absolute atomic E-state index is 0.165. The van der Waals surface area contributed by atoms with Crippen molar-refractivity contribution in [1.82, 2.24) is 36.0 Å². The molecular weight excluding hydrogens is 394 g/mol. The van der Waals surface area contributed by atoms with Crippen molar-refractivity contribution < 1.29 is 14.4 Å². The molecule has 0 bridgehead atoms. The van der Waals surface area contributed by atoms with Crippen LogP contribution in [0.1, 0.15) is 32.9 Å². The van der Waals surface area contributed by atoms with Crippen LogP contribution in [0, 0.1) is 0 Å². The minimum atomic E-state index is -0.605. The molecule has 0 saturated carbocycles. The largest absolute Gasteiger partial charge is 0.326 e. The van der Waals surface area contributed by atoms with E-state index >= 15 is 0 Å². The highest BCUT2D eigenvalue weighted by Crippen LogP contribution is 2.22. The first-order chi connectivity index (χ1) is 14.1. The van der Waals surface area contributed by atoms with Crippen LogP contribution < -0.4 is 10.9 Å². The third-order valence-corrected chi connectivity index (χ3v) is 5.45. The molecule has 0 aliphatic carbocycles. The molecular formula is C18H17N7O3S. The average molecular weight is 411 g/mol. The summed E-state index contributed by atoms with van der Waals surface area (Å²) in [5.41, 5.74) is 5.89. The zero-order valence-electron chi connectivity index (χ0n) is 15.2. The van der Waals surface area contributed by atoms with Crippen LogP contribution in [-0.4, -0.2) is 55.4 Å². The van der Waals surface area contributed by atoms with Gasteiger partial charge in [0.15, 0.2) is 0 Å². The van der Waals surface area contributed by atoms with Gasteiger partial charge in [-0.25, -0.2) is 4.68 Å². The van der Waals surface area contributed by atoms with Crippen molar-refractivity contribution in [2.75, 3.05) is 6.54 Å². The number of carbonyl (C=O) groups is 3. The molecule has 148 valence electrons. The summed E-state index contributed by atoms with van der Waals surface area (Å²) in [5, 5.41) is 12.7. The lowest BCUT2D eigenvalue weighted by atomic mass is 10.2. The summed E-state index contributed by atoms with van der Waals surface area (Å²) in [6, 6.07) is 9.50. The van der Waals surface area contributed by atoms with Crippen molar-refractivity contribution in [3.63, 3.8) is 0 Å². The number of hydrogen-bond acceptors (Lipinski definition) is 7. The van der Waals surface area contributed by atoms with Gasteiger partial charge in [-0.05, 0) is 59.0 Å². The number of carbonyl (C=O) groups excluding carboxylic acids is 3. The fraction of sp³-hybridized carbons (Fsp3) is 0.222. The van der Waals surface area contributed by atoms with Crippen LogP contribution in [0.2, 0.25) is 0 Å². The first-order valence-corrected chi connectivity index (χ1v) is 9.79. The second-order valence-corrected chi connectivity index (χ2v) is 7.33. The third kappa shape index (κ3) is 3.99. The van der Waals surface area contributed by atoms with Gasteiger partial charge in [0.1, 0.15) is 12.4 Å². The summed E-state index contributed by atoms with van der Waals surface area (Å²) in [4.78, 5) is 39.6. The molecule has 1 aliphatic rings. The molecule has 3 amide bonds. The van der Waals surface area contributed by atoms with Crippen LogP contribution in [0.25, 0.3) is 5.69 Å². The Labute approximate surface area is 169 Å². The van der Waals surface area contributed by atoms with Crippen LogP contribution in [0.4, 0.5) is 0 Å². The van der Waals surface area contributed by atoms with E-state index in [9.17, 15) is 14.4 Å². The molecule has 3 aromatic rings. The number of nitrogens with one attached hydrogen (secondary N) is 2. The van der Waals surface area contributed by atoms with Crippen LogP contribution >= 0.6 is 11.3 Å². The van der Waals surface area contributed by atoms with E-state index in [1.807, 2.05) is 5.38 Å². The van der Waals surface area contributed by atoms with Crippen molar-refractivity contribution in [2.45, 2.75) is 18.9 Å². The van der Waals surface area contributed by atoms with Crippen molar-refractivity contribution in [3.8, 4) is 5.69 Å². The standard InChI is InChI=1S/C18H17N7O3S/c26-16(12-5-7-13(8-6-12)25-11-19-22-23-25)20-21-17(27)14-3-1-9-24(14)18(28)15-4-2-10-29-15/h2,4-8,10-11,14H,1,3,9H2,(H,20,26)(H,21,27). The van der Waals surface area contributed by atoms with E-state index in [4.69, 9.17) is 0 Å². The maximum atomic E-state index is 12.6. The summed E-state index contributed by atoms with van der Waals surface area (Å²) in [7, 11) is 0. The first kappa shape index (κ1) is 18.7. The third-order valence-electron chi connectivity index (χ3n) is 4.59. The van der Waals surface area contributed by atoms with Crippen molar-refractivity contribution >= 4 is 29.1 Å². The smallest absolute Gasteiger partial charge is 0.269 e. The van der Waals surface area contributed by atoms with Crippen molar-refractivity contribution in [3.05, 3.63) is 58.5 Å². The monoisotopic (exact) mass is 411 g/mol. The van der Waals surface area contributed by atoms with Crippen molar-refractivity contribution in [2.24, 2.45) is 0 Å². The normalized spacial score (nSPS) is 15.9. The fourth-order valence-electron chi connectivity index (χ4n) is 3.14. The van der Waals surface area contributed by atoms with E-state index in [1.54, 1.807) is 41.3 Å². The number of tetrazole rings is 1. The van der Waals surface area contributed by atoms with Crippen LogP contribution in [-0.2, 0) is 4.79 Å². The summed E-state index contributed by atoms with van der Waals surface area (Å²) >= 11 is 1.34. The predicted molar refractivity (Wildman–Crippen MR) is 103 cm³/mol. The molecule has 2 N–H and O–H groups in total. The molecule has 2 aromatic heterocycles. The van der Waals surface area contributed by atoms with E-state index < -0.39 is 17.9 Å². The van der Waals surface area contributed by atoms with E-state index in [-0.39, 0.29) is 5.91 Å². The Morgan fingerprint density at radius 1 is 1.10 bits per heavy atom. The first-order valence-electron chi connectivity index (χ1n) is 8.91. The Bertz CT molecular complexity index is 1000. The molecule has 1 unspecified atom stereocenters. The highest BCUT2D eigenvalue weighted by Gasteiger charge is 2.35. The lowest BCUT2D eigenvalue weighted by molar-refractivity contribution is -0.125. The maximum Gasteiger partial charge on any atom is 0.269 e. The van der Waals surface area contributed by atoms with Gasteiger partial charge in [0.05, 0.1) is 10.6 Å². The second kappa shape index (κ2) is 8.19. The van der Waals surface area contributed by atoms with Gasteiger partial charge in [0.2, 0.25) is 0 Å². The number of nitrogens with zero attached hydrogens (tertiary/aromatic N) is 5. The van der Waals surface area contributed by atoms with Crippen molar-refractivity contribution in [1.29, 1.82) is 0 Å². The van der Waals surface area contributed by atoms with E-state index in [0.29, 0.717) is 29.1 Å². The molecule has 29 heavy (non-hydrogen) atoms. The van der Waals surface area contributed by atoms with Gasteiger partial charge in [-0.3, -0.25) is 25.2 Å². The van der Waals surface area contributed by atoms with E-state index in [2.05, 4.69) is 26.4 Å². The predicted octanol–water partition coefficient (Wildman–Crippen LogP) is 0.790. The Balaban J connectivity index is 1.35. The van der Waals surface area contributed by atoms with Gasteiger partial charge < -0.3 is 4.90 Å². The second-order valence-electron chi connectivity index (χ2n) is 6.38. The van der Waals surface area contributed by atoms with Crippen LogP contribution in [0.15, 0.2) is 48.1 Å². The van der Waals surface area contributed by atoms with Gasteiger partial charge in [-0.15, -0.1) is 16.4 Å². The highest BCUT2D eigenvalue weighted by molar-refractivity contribution is 7.12. The van der Waals surface area contributed by atoms with Gasteiger partial charge in [-0.1, -0.05) is 6.07 Å².